The molecule has 0 aliphatic carbocycles. The van der Waals surface area contributed by atoms with Crippen molar-refractivity contribution >= 4 is 28.5 Å². The number of hydrogen-bond acceptors (Lipinski definition) is 1. The van der Waals surface area contributed by atoms with Gasteiger partial charge in [0.05, 0.1) is 6.04 Å². The Morgan fingerprint density at radius 3 is 2.60 bits per heavy atom. The molecule has 2 aromatic rings. The minimum Gasteiger partial charge on any atom is -0.345 e. The summed E-state index contributed by atoms with van der Waals surface area (Å²) >= 11 is 2.11. The zero-order valence-corrected chi connectivity index (χ0v) is 12.8. The molecule has 1 N–H and O–H groups in total. The highest BCUT2D eigenvalue weighted by Crippen LogP contribution is 2.18. The van der Waals surface area contributed by atoms with Gasteiger partial charge in [-0.05, 0) is 53.8 Å². The second-order valence-corrected chi connectivity index (χ2v) is 5.62. The van der Waals surface area contributed by atoms with Crippen molar-refractivity contribution in [2.24, 2.45) is 0 Å². The highest BCUT2D eigenvalue weighted by molar-refractivity contribution is 14.1. The van der Waals surface area contributed by atoms with Crippen LogP contribution in [0.5, 0.6) is 0 Å². The van der Waals surface area contributed by atoms with E-state index in [1.54, 1.807) is 25.1 Å². The van der Waals surface area contributed by atoms with Crippen LogP contribution in [0.1, 0.15) is 28.9 Å². The van der Waals surface area contributed by atoms with Gasteiger partial charge in [0.2, 0.25) is 0 Å². The molecule has 104 valence electrons. The molecule has 1 atom stereocenters. The van der Waals surface area contributed by atoms with Crippen LogP contribution in [0.15, 0.2) is 42.5 Å². The van der Waals surface area contributed by atoms with Crippen molar-refractivity contribution in [1.29, 1.82) is 0 Å². The van der Waals surface area contributed by atoms with E-state index in [0.717, 1.165) is 9.64 Å². The van der Waals surface area contributed by atoms with E-state index in [1.165, 1.54) is 12.1 Å². The summed E-state index contributed by atoms with van der Waals surface area (Å²) in [6.45, 7) is 1.65. The third-order valence-electron chi connectivity index (χ3n) is 2.86. The maximum Gasteiger partial charge on any atom is 0.251 e. The summed E-state index contributed by atoms with van der Waals surface area (Å²) in [6.07, 6.45) is 0. The fraction of sp³-hybridized carbons (Fsp3) is 0.133. The first-order valence-electron chi connectivity index (χ1n) is 5.99. The van der Waals surface area contributed by atoms with Gasteiger partial charge in [0.25, 0.3) is 5.91 Å². The van der Waals surface area contributed by atoms with Crippen LogP contribution in [-0.4, -0.2) is 5.91 Å². The molecule has 0 fully saturated rings. The fourth-order valence-electron chi connectivity index (χ4n) is 1.84. The summed E-state index contributed by atoms with van der Waals surface area (Å²) in [5, 5.41) is 2.70. The summed E-state index contributed by atoms with van der Waals surface area (Å²) in [5.41, 5.74) is 0.761. The van der Waals surface area contributed by atoms with Crippen molar-refractivity contribution in [2.45, 2.75) is 13.0 Å². The van der Waals surface area contributed by atoms with Gasteiger partial charge in [0.1, 0.15) is 11.6 Å². The molecule has 5 heteroatoms. The van der Waals surface area contributed by atoms with E-state index in [2.05, 4.69) is 27.9 Å². The molecule has 0 aliphatic heterocycles. The van der Waals surface area contributed by atoms with Crippen LogP contribution in [0.2, 0.25) is 0 Å². The van der Waals surface area contributed by atoms with Crippen LogP contribution in [0, 0.1) is 15.2 Å². The van der Waals surface area contributed by atoms with E-state index in [-0.39, 0.29) is 11.5 Å². The van der Waals surface area contributed by atoms with Crippen LogP contribution in [0.25, 0.3) is 0 Å². The van der Waals surface area contributed by atoms with Gasteiger partial charge >= 0.3 is 0 Å². The number of nitrogens with one attached hydrogen (secondary N) is 1. The van der Waals surface area contributed by atoms with Crippen molar-refractivity contribution in [3.8, 4) is 0 Å². The van der Waals surface area contributed by atoms with Crippen LogP contribution >= 0.6 is 22.6 Å². The molecular weight excluding hydrogens is 375 g/mol. The Morgan fingerprint density at radius 1 is 1.20 bits per heavy atom. The van der Waals surface area contributed by atoms with Crippen LogP contribution in [0.4, 0.5) is 8.78 Å². The molecule has 2 nitrogen and oxygen atoms in total. The van der Waals surface area contributed by atoms with Gasteiger partial charge < -0.3 is 5.32 Å². The monoisotopic (exact) mass is 387 g/mol. The molecule has 2 aromatic carbocycles. The Labute approximate surface area is 129 Å². The zero-order chi connectivity index (χ0) is 14.7. The number of carbonyl (C=O) groups is 1. The first kappa shape index (κ1) is 14.9. The van der Waals surface area contributed by atoms with Crippen molar-refractivity contribution in [3.05, 3.63) is 68.8 Å². The number of amides is 1. The second-order valence-electron chi connectivity index (χ2n) is 4.37. The molecule has 0 aliphatic rings. The summed E-state index contributed by atoms with van der Waals surface area (Å²) in [7, 11) is 0. The Morgan fingerprint density at radius 2 is 1.95 bits per heavy atom. The maximum absolute atomic E-state index is 13.6. The van der Waals surface area contributed by atoms with Crippen LogP contribution in [0.3, 0.4) is 0 Å². The Kier molecular flexibility index (Phi) is 4.69. The SMILES string of the molecule is C[C@@H](NC(=O)c1cccc(I)c1)c1ccc(F)cc1F. The first-order valence-corrected chi connectivity index (χ1v) is 7.06. The molecular formula is C15H12F2INO. The van der Waals surface area contributed by atoms with E-state index in [0.29, 0.717) is 5.56 Å². The molecule has 0 aromatic heterocycles. The highest BCUT2D eigenvalue weighted by atomic mass is 127. The minimum absolute atomic E-state index is 0.255. The maximum atomic E-state index is 13.6. The number of halogens is 3. The third kappa shape index (κ3) is 3.53. The number of carbonyl (C=O) groups excluding carboxylic acids is 1. The first-order chi connectivity index (χ1) is 9.47. The molecule has 1 amide bonds. The Balaban J connectivity index is 2.15. The summed E-state index contributed by atoms with van der Waals surface area (Å²) in [5.74, 6) is -1.59. The van der Waals surface area contributed by atoms with Gasteiger partial charge in [-0.3, -0.25) is 4.79 Å². The van der Waals surface area contributed by atoms with Gasteiger partial charge in [-0.1, -0.05) is 12.1 Å². The average Bonchev–Trinajstić information content (AvgIpc) is 2.38. The van der Waals surface area contributed by atoms with E-state index >= 15 is 0 Å². The lowest BCUT2D eigenvalue weighted by Gasteiger charge is -2.15. The van der Waals surface area contributed by atoms with Crippen molar-refractivity contribution in [2.75, 3.05) is 0 Å². The highest BCUT2D eigenvalue weighted by Gasteiger charge is 2.15. The molecule has 0 spiro atoms. The van der Waals surface area contributed by atoms with Crippen molar-refractivity contribution < 1.29 is 13.6 Å². The molecule has 2 rings (SSSR count). The van der Waals surface area contributed by atoms with E-state index in [1.807, 2.05) is 6.07 Å². The van der Waals surface area contributed by atoms with Crippen molar-refractivity contribution in [3.63, 3.8) is 0 Å². The lowest BCUT2D eigenvalue weighted by atomic mass is 10.1. The normalized spacial score (nSPS) is 12.0. The second kappa shape index (κ2) is 6.30. The topological polar surface area (TPSA) is 29.1 Å². The predicted molar refractivity (Wildman–Crippen MR) is 81.4 cm³/mol. The van der Waals surface area contributed by atoms with Gasteiger partial charge in [0, 0.05) is 20.8 Å². The van der Waals surface area contributed by atoms with Crippen molar-refractivity contribution in [1.82, 2.24) is 5.32 Å². The molecule has 0 bridgehead atoms. The van der Waals surface area contributed by atoms with Gasteiger partial charge in [-0.25, -0.2) is 8.78 Å². The fourth-order valence-corrected chi connectivity index (χ4v) is 2.38. The van der Waals surface area contributed by atoms with Crippen LogP contribution < -0.4 is 5.32 Å². The largest absolute Gasteiger partial charge is 0.345 e. The number of benzene rings is 2. The number of rotatable bonds is 3. The molecule has 0 heterocycles. The van der Waals surface area contributed by atoms with E-state index in [4.69, 9.17) is 0 Å². The molecule has 0 saturated carbocycles. The Hall–Kier alpha value is -1.50. The van der Waals surface area contributed by atoms with Gasteiger partial charge in [-0.15, -0.1) is 0 Å². The van der Waals surface area contributed by atoms with Gasteiger partial charge in [-0.2, -0.15) is 0 Å². The Bertz CT molecular complexity index is 646. The molecule has 0 radical (unpaired) electrons. The van der Waals surface area contributed by atoms with E-state index in [9.17, 15) is 13.6 Å². The molecule has 20 heavy (non-hydrogen) atoms. The van der Waals surface area contributed by atoms with Crippen LogP contribution in [-0.2, 0) is 0 Å². The summed E-state index contributed by atoms with van der Waals surface area (Å²) in [6, 6.07) is 9.86. The summed E-state index contributed by atoms with van der Waals surface area (Å²) in [4.78, 5) is 12.0. The lowest BCUT2D eigenvalue weighted by Crippen LogP contribution is -2.27. The third-order valence-corrected chi connectivity index (χ3v) is 3.53. The lowest BCUT2D eigenvalue weighted by molar-refractivity contribution is 0.0939. The minimum atomic E-state index is -0.666. The standard InChI is InChI=1S/C15H12F2INO/c1-9(13-6-5-11(16)8-14(13)17)19-15(20)10-3-2-4-12(18)7-10/h2-9H,1H3,(H,19,20)/t9-/m1/s1. The smallest absolute Gasteiger partial charge is 0.251 e. The number of hydrogen-bond donors (Lipinski definition) is 1. The van der Waals surface area contributed by atoms with E-state index < -0.39 is 17.7 Å². The van der Waals surface area contributed by atoms with Gasteiger partial charge in [0.15, 0.2) is 0 Å². The molecule has 0 saturated heterocycles. The quantitative estimate of drug-likeness (QED) is 0.791. The molecule has 0 unspecified atom stereocenters. The zero-order valence-electron chi connectivity index (χ0n) is 10.7. The summed E-state index contributed by atoms with van der Waals surface area (Å²) < 4.78 is 27.4. The predicted octanol–water partition coefficient (Wildman–Crippen LogP) is 4.06. The average molecular weight is 387 g/mol.